The number of hydrogen-bond donors (Lipinski definition) is 1. The third kappa shape index (κ3) is 6.17. The molecule has 3 aromatic carbocycles. The number of aliphatic hydroxyl groups excluding tert-OH is 1. The van der Waals surface area contributed by atoms with Crippen molar-refractivity contribution in [1.82, 2.24) is 10.2 Å². The van der Waals surface area contributed by atoms with Gasteiger partial charge in [-0.1, -0.05) is 94.8 Å². The lowest BCUT2D eigenvalue weighted by Gasteiger charge is -2.24. The van der Waals surface area contributed by atoms with Crippen molar-refractivity contribution in [2.24, 2.45) is 0 Å². The number of halogens is 2. The van der Waals surface area contributed by atoms with Crippen LogP contribution in [-0.4, -0.2) is 41.2 Å². The number of rotatable bonds is 10. The first kappa shape index (κ1) is 29.7. The maximum atomic E-state index is 13.5. The highest BCUT2D eigenvalue weighted by Gasteiger charge is 2.45. The van der Waals surface area contributed by atoms with Crippen LogP contribution in [0.5, 0.6) is 11.5 Å². The number of carbonyl (C=O) groups excluding carboxylic acids is 2. The molecule has 1 aromatic heterocycles. The fourth-order valence-corrected chi connectivity index (χ4v) is 6.78. The molecule has 4 aromatic rings. The predicted molar refractivity (Wildman–Crippen MR) is 166 cm³/mol. The van der Waals surface area contributed by atoms with Gasteiger partial charge in [-0.2, -0.15) is 0 Å². The molecule has 0 spiro atoms. The Bertz CT molecular complexity index is 1710. The highest BCUT2D eigenvalue weighted by molar-refractivity contribution is 8.00. The van der Waals surface area contributed by atoms with Gasteiger partial charge in [0.15, 0.2) is 27.4 Å². The molecule has 0 fully saturated rings. The first-order valence-corrected chi connectivity index (χ1v) is 15.0. The van der Waals surface area contributed by atoms with E-state index in [4.69, 9.17) is 32.7 Å². The summed E-state index contributed by atoms with van der Waals surface area (Å²) in [5, 5.41) is 20.8. The Hall–Kier alpha value is -3.83. The summed E-state index contributed by atoms with van der Waals surface area (Å²) in [4.78, 5) is 28.3. The van der Waals surface area contributed by atoms with Crippen molar-refractivity contribution in [1.29, 1.82) is 0 Å². The highest BCUT2D eigenvalue weighted by atomic mass is 35.5. The van der Waals surface area contributed by atoms with Crippen molar-refractivity contribution in [3.05, 3.63) is 111 Å². The number of ketones is 1. The van der Waals surface area contributed by atoms with Crippen LogP contribution in [-0.2, 0) is 15.3 Å². The molecule has 0 aliphatic carbocycles. The Labute approximate surface area is 260 Å². The third-order valence-corrected chi connectivity index (χ3v) is 9.08. The second-order valence-corrected chi connectivity index (χ2v) is 12.0. The minimum absolute atomic E-state index is 0.0863. The predicted octanol–water partition coefficient (Wildman–Crippen LogP) is 7.34. The summed E-state index contributed by atoms with van der Waals surface area (Å²) in [5.74, 6) is -0.584. The topological polar surface area (TPSA) is 102 Å². The van der Waals surface area contributed by atoms with E-state index in [1.165, 1.54) is 37.0 Å². The zero-order chi connectivity index (χ0) is 29.8. The number of amides is 1. The number of anilines is 1. The van der Waals surface area contributed by atoms with Gasteiger partial charge in [-0.15, -0.1) is 10.2 Å². The van der Waals surface area contributed by atoms with Gasteiger partial charge in [0.25, 0.3) is 5.91 Å². The number of thioether (sulfide) groups is 1. The van der Waals surface area contributed by atoms with Crippen molar-refractivity contribution >= 4 is 69.2 Å². The van der Waals surface area contributed by atoms with E-state index in [1.54, 1.807) is 36.4 Å². The lowest BCUT2D eigenvalue weighted by atomic mass is 9.95. The van der Waals surface area contributed by atoms with Crippen molar-refractivity contribution in [3.63, 3.8) is 0 Å². The summed E-state index contributed by atoms with van der Waals surface area (Å²) in [6.07, 6.45) is 2.96. The van der Waals surface area contributed by atoms with Gasteiger partial charge in [-0.05, 0) is 47.0 Å². The number of aliphatic hydroxyl groups is 1. The number of hydrogen-bond acceptors (Lipinski definition) is 9. The smallest absolute Gasteiger partial charge is 0.296 e. The molecule has 1 aliphatic rings. The van der Waals surface area contributed by atoms with Crippen LogP contribution in [0.1, 0.15) is 22.7 Å². The van der Waals surface area contributed by atoms with E-state index in [1.807, 2.05) is 36.4 Å². The van der Waals surface area contributed by atoms with Crippen molar-refractivity contribution in [2.45, 2.75) is 16.1 Å². The average Bonchev–Trinajstić information content (AvgIpc) is 3.57. The molecule has 0 saturated heterocycles. The molecule has 0 bridgehead atoms. The maximum Gasteiger partial charge on any atom is 0.296 e. The van der Waals surface area contributed by atoms with Gasteiger partial charge in [0, 0.05) is 15.8 Å². The second-order valence-electron chi connectivity index (χ2n) is 8.94. The van der Waals surface area contributed by atoms with Crippen molar-refractivity contribution in [2.75, 3.05) is 19.1 Å². The number of carbonyl (C=O) groups is 2. The molecule has 8 nitrogen and oxygen atoms in total. The van der Waals surface area contributed by atoms with Gasteiger partial charge in [-0.25, -0.2) is 0 Å². The van der Waals surface area contributed by atoms with E-state index in [0.717, 1.165) is 22.5 Å². The monoisotopic (exact) mass is 639 g/mol. The Morgan fingerprint density at radius 1 is 1.05 bits per heavy atom. The normalized spacial score (nSPS) is 15.1. The summed E-state index contributed by atoms with van der Waals surface area (Å²) in [7, 11) is 3.00. The summed E-state index contributed by atoms with van der Waals surface area (Å²) in [6.45, 7) is 0. The number of ether oxygens (including phenoxy) is 2. The van der Waals surface area contributed by atoms with E-state index < -0.39 is 23.5 Å². The van der Waals surface area contributed by atoms with Gasteiger partial charge >= 0.3 is 0 Å². The molecule has 1 aliphatic heterocycles. The van der Waals surface area contributed by atoms with Crippen LogP contribution in [0.4, 0.5) is 5.13 Å². The number of benzene rings is 3. The summed E-state index contributed by atoms with van der Waals surface area (Å²) in [5.41, 5.74) is 2.08. The number of allylic oxidation sites excluding steroid dienone is 1. The molecular formula is C30H23Cl2N3O5S2. The third-order valence-electron chi connectivity index (χ3n) is 6.39. The number of aromatic nitrogens is 2. The maximum absolute atomic E-state index is 13.5. The zero-order valence-electron chi connectivity index (χ0n) is 22.3. The molecule has 1 N–H and O–H groups in total. The molecule has 214 valence electrons. The van der Waals surface area contributed by atoms with E-state index in [9.17, 15) is 14.7 Å². The van der Waals surface area contributed by atoms with E-state index in [-0.39, 0.29) is 10.7 Å². The fourth-order valence-electron chi connectivity index (χ4n) is 4.35. The number of nitrogens with zero attached hydrogens (tertiary/aromatic N) is 3. The number of methoxy groups -OCH3 is 2. The molecule has 1 atom stereocenters. The highest BCUT2D eigenvalue weighted by Crippen LogP contribution is 2.45. The van der Waals surface area contributed by atoms with Crippen LogP contribution < -0.4 is 14.4 Å². The summed E-state index contributed by atoms with van der Waals surface area (Å²) in [6, 6.07) is 18.5. The molecule has 42 heavy (non-hydrogen) atoms. The minimum atomic E-state index is -0.998. The van der Waals surface area contributed by atoms with Gasteiger partial charge in [0.1, 0.15) is 0 Å². The zero-order valence-corrected chi connectivity index (χ0v) is 25.4. The van der Waals surface area contributed by atoms with Crippen LogP contribution >= 0.6 is 46.3 Å². The SMILES string of the molecule is COc1ccc(C2C(C(=O)C=Cc3ccccc3)=C(O)C(=O)N2c2nnc(SCc3ccc(Cl)cc3Cl)s2)cc1OC. The van der Waals surface area contributed by atoms with E-state index >= 15 is 0 Å². The van der Waals surface area contributed by atoms with Crippen LogP contribution in [0, 0.1) is 0 Å². The Morgan fingerprint density at radius 2 is 1.81 bits per heavy atom. The fraction of sp³-hybridized carbons (Fsp3) is 0.133. The van der Waals surface area contributed by atoms with Gasteiger partial charge in [0.05, 0.1) is 25.8 Å². The van der Waals surface area contributed by atoms with Crippen LogP contribution in [0.2, 0.25) is 10.0 Å². The Morgan fingerprint density at radius 3 is 2.52 bits per heavy atom. The average molecular weight is 641 g/mol. The van der Waals surface area contributed by atoms with Crippen molar-refractivity contribution < 1.29 is 24.2 Å². The largest absolute Gasteiger partial charge is 0.503 e. The molecule has 0 radical (unpaired) electrons. The lowest BCUT2D eigenvalue weighted by Crippen LogP contribution is -2.30. The molecular weight excluding hydrogens is 617 g/mol. The van der Waals surface area contributed by atoms with Gasteiger partial charge in [-0.3, -0.25) is 14.5 Å². The van der Waals surface area contributed by atoms with Crippen molar-refractivity contribution in [3.8, 4) is 11.5 Å². The lowest BCUT2D eigenvalue weighted by molar-refractivity contribution is -0.117. The van der Waals surface area contributed by atoms with Gasteiger partial charge in [0.2, 0.25) is 5.13 Å². The van der Waals surface area contributed by atoms with Crippen LogP contribution in [0.3, 0.4) is 0 Å². The first-order valence-electron chi connectivity index (χ1n) is 12.5. The van der Waals surface area contributed by atoms with Crippen LogP contribution in [0.15, 0.2) is 88.5 Å². The van der Waals surface area contributed by atoms with Crippen LogP contribution in [0.25, 0.3) is 6.08 Å². The molecule has 12 heteroatoms. The Kier molecular flexibility index (Phi) is 9.18. The molecule has 0 saturated carbocycles. The minimum Gasteiger partial charge on any atom is -0.503 e. The standard InChI is InChI=1S/C30H23Cl2N3O5S2/c1-39-23-13-10-18(14-24(23)40-2)26-25(22(36)12-8-17-6-4-3-5-7-17)27(37)28(38)35(26)29-33-34-30(42-29)41-16-19-9-11-20(31)15-21(19)32/h3-15,26,37H,16H2,1-2H3. The molecule has 1 amide bonds. The molecule has 2 heterocycles. The van der Waals surface area contributed by atoms with E-state index in [0.29, 0.717) is 37.2 Å². The molecule has 5 rings (SSSR count). The van der Waals surface area contributed by atoms with Gasteiger partial charge < -0.3 is 14.6 Å². The quantitative estimate of drug-likeness (QED) is 0.109. The second kappa shape index (κ2) is 13.0. The van der Waals surface area contributed by atoms with E-state index in [2.05, 4.69) is 10.2 Å². The summed E-state index contributed by atoms with van der Waals surface area (Å²) >= 11 is 14.9. The summed E-state index contributed by atoms with van der Waals surface area (Å²) < 4.78 is 11.4. The Balaban J connectivity index is 1.50. The molecule has 1 unspecified atom stereocenters. The first-order chi connectivity index (χ1) is 20.3.